The van der Waals surface area contributed by atoms with Gasteiger partial charge in [-0.1, -0.05) is 0 Å². The number of aryl methyl sites for hydroxylation is 2. The number of rotatable bonds is 0. The van der Waals surface area contributed by atoms with Crippen molar-refractivity contribution < 1.29 is 8.22 Å². The highest BCUT2D eigenvalue weighted by Crippen LogP contribution is 2.16. The van der Waals surface area contributed by atoms with Crippen molar-refractivity contribution in [3.8, 4) is 0 Å². The van der Waals surface area contributed by atoms with E-state index in [4.69, 9.17) is 14.0 Å². The van der Waals surface area contributed by atoms with Gasteiger partial charge in [-0.3, -0.25) is 0 Å². The van der Waals surface area contributed by atoms with Gasteiger partial charge in [-0.2, -0.15) is 0 Å². The summed E-state index contributed by atoms with van der Waals surface area (Å²) in [6, 6.07) is 0. The van der Waals surface area contributed by atoms with Gasteiger partial charge in [-0.05, 0) is 13.7 Å². The molecule has 44 valence electrons. The molecule has 0 fully saturated rings. The average Bonchev–Trinajstić information content (AvgIpc) is 2.27. The molecule has 2 nitrogen and oxygen atoms in total. The molecular weight excluding hydrogens is 120 g/mol. The quantitative estimate of drug-likeness (QED) is 0.581. The van der Waals surface area contributed by atoms with Crippen molar-refractivity contribution in [1.82, 2.24) is 4.98 Å². The van der Waals surface area contributed by atoms with Gasteiger partial charge in [0.2, 0.25) is 0 Å². The Balaban J connectivity index is 3.19. The Hall–Kier alpha value is -0.570. The van der Waals surface area contributed by atoms with Crippen LogP contribution in [0.5, 0.6) is 0 Å². The molecule has 0 unspecified atom stereocenters. The van der Waals surface area contributed by atoms with Crippen molar-refractivity contribution >= 4 is 17.2 Å². The smallest absolute Gasteiger partial charge is 0.137 e. The second-order valence-corrected chi connectivity index (χ2v) is 2.23. The van der Waals surface area contributed by atoms with Crippen LogP contribution < -0.4 is 5.73 Å². The maximum Gasteiger partial charge on any atom is 0.137 e. The van der Waals surface area contributed by atoms with Gasteiger partial charge in [-0.15, -0.1) is 11.3 Å². The second kappa shape index (κ2) is 1.74. The Morgan fingerprint density at radius 2 is 2.62 bits per heavy atom. The predicted molar refractivity (Wildman–Crippen MR) is 36.0 cm³/mol. The zero-order chi connectivity index (χ0) is 11.1. The number of hydrogen-bond acceptors (Lipinski definition) is 3. The van der Waals surface area contributed by atoms with Crippen molar-refractivity contribution in [3.05, 3.63) is 9.88 Å². The summed E-state index contributed by atoms with van der Waals surface area (Å²) in [6.07, 6.45) is 0. The first-order valence-corrected chi connectivity index (χ1v) is 2.71. The van der Waals surface area contributed by atoms with E-state index in [1.165, 1.54) is 0 Å². The fraction of sp³-hybridized carbons (Fsp3) is 0.400. The third-order valence-corrected chi connectivity index (χ3v) is 1.35. The molecule has 1 aromatic heterocycles. The fourth-order valence-corrected chi connectivity index (χ4v) is 0.820. The highest BCUT2D eigenvalue weighted by atomic mass is 32.1. The molecule has 0 spiro atoms. The molecule has 0 radical (unpaired) electrons. The van der Waals surface area contributed by atoms with E-state index in [0.717, 1.165) is 0 Å². The van der Waals surface area contributed by atoms with Gasteiger partial charge in [0.25, 0.3) is 0 Å². The zero-order valence-corrected chi connectivity index (χ0v) is 4.75. The molecule has 0 aromatic carbocycles. The molecule has 0 aliphatic carbocycles. The largest absolute Gasteiger partial charge is 0.383 e. The van der Waals surface area contributed by atoms with E-state index in [0.29, 0.717) is 11.3 Å². The van der Waals surface area contributed by atoms with Gasteiger partial charge in [-0.25, -0.2) is 4.98 Å². The minimum Gasteiger partial charge on any atom is -0.383 e. The molecule has 2 N–H and O–H groups in total. The van der Waals surface area contributed by atoms with Crippen LogP contribution in [0.25, 0.3) is 0 Å². The molecule has 0 aliphatic rings. The molecule has 0 bridgehead atoms. The third kappa shape index (κ3) is 0.816. The van der Waals surface area contributed by atoms with Crippen LogP contribution in [0.3, 0.4) is 0 Å². The van der Waals surface area contributed by atoms with Crippen molar-refractivity contribution in [1.29, 1.82) is 0 Å². The first-order valence-electron chi connectivity index (χ1n) is 4.89. The SMILES string of the molecule is [2H]C([2H])([2H])c1nc(N)c(C([2H])([2H])[2H])s1. The first kappa shape index (κ1) is 1.70. The van der Waals surface area contributed by atoms with Gasteiger partial charge >= 0.3 is 0 Å². The van der Waals surface area contributed by atoms with Gasteiger partial charge < -0.3 is 5.73 Å². The number of nitrogen functional groups attached to an aromatic ring is 1. The lowest BCUT2D eigenvalue weighted by Crippen LogP contribution is -1.85. The number of nitrogens with zero attached hydrogens (tertiary/aromatic N) is 1. The maximum absolute atomic E-state index is 7.07. The molecular formula is C5H8N2S. The van der Waals surface area contributed by atoms with Crippen LogP contribution in [-0.2, 0) is 0 Å². The van der Waals surface area contributed by atoms with Crippen molar-refractivity contribution in [2.24, 2.45) is 0 Å². The summed E-state index contributed by atoms with van der Waals surface area (Å²) in [5.41, 5.74) is 5.31. The maximum atomic E-state index is 7.07. The van der Waals surface area contributed by atoms with E-state index in [-0.39, 0.29) is 15.7 Å². The lowest BCUT2D eigenvalue weighted by Gasteiger charge is -1.78. The number of thiazole rings is 1. The molecule has 3 heteroatoms. The summed E-state index contributed by atoms with van der Waals surface area (Å²) in [5, 5.41) is -0.235. The Kier molecular flexibility index (Phi) is 0.371. The monoisotopic (exact) mass is 134 g/mol. The normalized spacial score (nSPS) is 24.0. The van der Waals surface area contributed by atoms with E-state index >= 15 is 0 Å². The van der Waals surface area contributed by atoms with Crippen LogP contribution in [0.2, 0.25) is 0 Å². The Morgan fingerprint density at radius 3 is 3.00 bits per heavy atom. The first-order chi connectivity index (χ1) is 6.12. The van der Waals surface area contributed by atoms with E-state index in [1.54, 1.807) is 0 Å². The van der Waals surface area contributed by atoms with Gasteiger partial charge in [0, 0.05) is 13.1 Å². The topological polar surface area (TPSA) is 38.9 Å². The summed E-state index contributed by atoms with van der Waals surface area (Å²) in [4.78, 5) is 3.36. The molecule has 0 saturated heterocycles. The zero-order valence-electron chi connectivity index (χ0n) is 9.93. The Bertz CT molecular complexity index is 337. The summed E-state index contributed by atoms with van der Waals surface area (Å²) in [6.45, 7) is -4.80. The lowest BCUT2D eigenvalue weighted by atomic mass is 10.6. The van der Waals surface area contributed by atoms with Crippen LogP contribution in [-0.4, -0.2) is 4.98 Å². The third-order valence-electron chi connectivity index (χ3n) is 0.653. The molecule has 1 heterocycles. The second-order valence-electron chi connectivity index (χ2n) is 1.23. The molecule has 0 atom stereocenters. The minimum atomic E-state index is -2.40. The van der Waals surface area contributed by atoms with Crippen molar-refractivity contribution in [3.63, 3.8) is 0 Å². The van der Waals surface area contributed by atoms with Gasteiger partial charge in [0.1, 0.15) is 5.82 Å². The number of hydrogen-bond donors (Lipinski definition) is 1. The van der Waals surface area contributed by atoms with Crippen LogP contribution >= 0.6 is 11.3 Å². The number of anilines is 1. The summed E-state index contributed by atoms with van der Waals surface area (Å²) in [7, 11) is 0. The van der Waals surface area contributed by atoms with Crippen LogP contribution in [0.4, 0.5) is 5.82 Å². The molecule has 8 heavy (non-hydrogen) atoms. The Morgan fingerprint density at radius 1 is 1.75 bits per heavy atom. The van der Waals surface area contributed by atoms with Crippen molar-refractivity contribution in [2.45, 2.75) is 13.7 Å². The molecule has 0 aliphatic heterocycles. The van der Waals surface area contributed by atoms with Crippen LogP contribution in [0, 0.1) is 13.7 Å². The standard InChI is InChI=1S/C5H8N2S/c1-3-5(6)7-4(2)8-3/h6H2,1-2H3/i1D3,2D3. The van der Waals surface area contributed by atoms with Crippen LogP contribution in [0.1, 0.15) is 18.1 Å². The van der Waals surface area contributed by atoms with Crippen LogP contribution in [0.15, 0.2) is 0 Å². The molecule has 1 aromatic rings. The molecule has 0 saturated carbocycles. The summed E-state index contributed by atoms with van der Waals surface area (Å²) < 4.78 is 42.3. The van der Waals surface area contributed by atoms with Crippen molar-refractivity contribution in [2.75, 3.05) is 5.73 Å². The Labute approximate surface area is 60.8 Å². The van der Waals surface area contributed by atoms with Gasteiger partial charge in [0.05, 0.1) is 5.01 Å². The van der Waals surface area contributed by atoms with E-state index in [1.807, 2.05) is 0 Å². The average molecular weight is 134 g/mol. The summed E-state index contributed by atoms with van der Waals surface area (Å²) in [5.74, 6) is -0.221. The number of nitrogens with two attached hydrogens (primary N) is 1. The number of aromatic nitrogens is 1. The highest BCUT2D eigenvalue weighted by Gasteiger charge is 1.96. The van der Waals surface area contributed by atoms with Gasteiger partial charge in [0.15, 0.2) is 0 Å². The van der Waals surface area contributed by atoms with E-state index in [9.17, 15) is 0 Å². The fourth-order valence-electron chi connectivity index (χ4n) is 0.332. The summed E-state index contributed by atoms with van der Waals surface area (Å²) >= 11 is 0.612. The van der Waals surface area contributed by atoms with E-state index < -0.39 is 13.7 Å². The highest BCUT2D eigenvalue weighted by molar-refractivity contribution is 7.11. The lowest BCUT2D eigenvalue weighted by molar-refractivity contribution is 1.29. The molecule has 1 rings (SSSR count). The predicted octanol–water partition coefficient (Wildman–Crippen LogP) is 1.34. The minimum absolute atomic E-state index is 0.163. The van der Waals surface area contributed by atoms with E-state index in [2.05, 4.69) is 4.98 Å². The molecule has 0 amide bonds.